The van der Waals surface area contributed by atoms with Crippen molar-refractivity contribution >= 4 is 5.97 Å². The van der Waals surface area contributed by atoms with Crippen LogP contribution in [0.3, 0.4) is 0 Å². The highest BCUT2D eigenvalue weighted by molar-refractivity contribution is 5.70. The summed E-state index contributed by atoms with van der Waals surface area (Å²) in [5.74, 6) is -0.122. The molecule has 4 nitrogen and oxygen atoms in total. The van der Waals surface area contributed by atoms with Crippen molar-refractivity contribution in [1.29, 1.82) is 0 Å². The third-order valence-electron chi connectivity index (χ3n) is 3.92. The zero-order valence-electron chi connectivity index (χ0n) is 11.0. The second kappa shape index (κ2) is 5.51. The second-order valence-electron chi connectivity index (χ2n) is 5.19. The number of nitrogens with one attached hydrogen (secondary N) is 1. The van der Waals surface area contributed by atoms with Crippen molar-refractivity contribution in [3.8, 4) is 0 Å². The van der Waals surface area contributed by atoms with E-state index in [4.69, 9.17) is 9.52 Å². The lowest BCUT2D eigenvalue weighted by molar-refractivity contribution is -0.141. The van der Waals surface area contributed by atoms with Gasteiger partial charge < -0.3 is 14.8 Å². The molecule has 104 valence electrons. The highest BCUT2D eigenvalue weighted by atomic mass is 16.4. The van der Waals surface area contributed by atoms with E-state index in [2.05, 4.69) is 17.4 Å². The summed E-state index contributed by atoms with van der Waals surface area (Å²) < 4.78 is 5.57. The first kappa shape index (κ1) is 12.9. The van der Waals surface area contributed by atoms with Gasteiger partial charge in [-0.25, -0.2) is 0 Å². The van der Waals surface area contributed by atoms with Crippen LogP contribution < -0.4 is 5.32 Å². The average molecular weight is 271 g/mol. The van der Waals surface area contributed by atoms with Gasteiger partial charge >= 0.3 is 5.97 Å². The van der Waals surface area contributed by atoms with Crippen molar-refractivity contribution in [3.63, 3.8) is 0 Å². The molecule has 1 fully saturated rings. The van der Waals surface area contributed by atoms with Gasteiger partial charge in [-0.1, -0.05) is 30.3 Å². The minimum atomic E-state index is -0.730. The summed E-state index contributed by atoms with van der Waals surface area (Å²) in [5.41, 5.74) is 1.14. The smallest absolute Gasteiger partial charge is 0.307 e. The van der Waals surface area contributed by atoms with Gasteiger partial charge in [-0.05, 0) is 24.1 Å². The van der Waals surface area contributed by atoms with Crippen LogP contribution in [0, 0.1) is 5.92 Å². The zero-order valence-corrected chi connectivity index (χ0v) is 11.0. The summed E-state index contributed by atoms with van der Waals surface area (Å²) in [7, 11) is 0. The molecule has 0 spiro atoms. The van der Waals surface area contributed by atoms with Crippen molar-refractivity contribution in [2.45, 2.75) is 18.4 Å². The van der Waals surface area contributed by atoms with Crippen LogP contribution in [-0.2, 0) is 4.79 Å². The van der Waals surface area contributed by atoms with Crippen LogP contribution in [0.1, 0.15) is 23.7 Å². The predicted octanol–water partition coefficient (Wildman–Crippen LogP) is 2.47. The van der Waals surface area contributed by atoms with E-state index in [0.29, 0.717) is 13.0 Å². The third kappa shape index (κ3) is 2.47. The topological polar surface area (TPSA) is 62.5 Å². The van der Waals surface area contributed by atoms with E-state index in [1.165, 1.54) is 0 Å². The number of carbonyl (C=O) groups is 1. The van der Waals surface area contributed by atoms with Gasteiger partial charge in [0, 0.05) is 12.6 Å². The van der Waals surface area contributed by atoms with E-state index >= 15 is 0 Å². The Morgan fingerprint density at radius 2 is 2.05 bits per heavy atom. The van der Waals surface area contributed by atoms with Crippen LogP contribution >= 0.6 is 0 Å². The lowest BCUT2D eigenvalue weighted by Crippen LogP contribution is -2.29. The first-order valence-electron chi connectivity index (χ1n) is 6.80. The van der Waals surface area contributed by atoms with Crippen LogP contribution in [0.25, 0.3) is 0 Å². The fraction of sp³-hybridized carbons (Fsp3) is 0.312. The second-order valence-corrected chi connectivity index (χ2v) is 5.19. The van der Waals surface area contributed by atoms with Gasteiger partial charge in [0.05, 0.1) is 18.1 Å². The quantitative estimate of drug-likeness (QED) is 0.896. The van der Waals surface area contributed by atoms with Gasteiger partial charge in [-0.3, -0.25) is 4.79 Å². The minimum Gasteiger partial charge on any atom is -0.481 e. The Balaban J connectivity index is 1.90. The first-order valence-corrected chi connectivity index (χ1v) is 6.80. The maximum atomic E-state index is 11.1. The Bertz CT molecular complexity index is 565. The van der Waals surface area contributed by atoms with E-state index < -0.39 is 5.97 Å². The van der Waals surface area contributed by atoms with Crippen molar-refractivity contribution in [3.05, 3.63) is 60.1 Å². The van der Waals surface area contributed by atoms with Gasteiger partial charge in [-0.15, -0.1) is 0 Å². The molecule has 2 heterocycles. The Morgan fingerprint density at radius 3 is 2.65 bits per heavy atom. The molecule has 0 saturated carbocycles. The van der Waals surface area contributed by atoms with E-state index in [-0.39, 0.29) is 17.9 Å². The average Bonchev–Trinajstić information content (AvgIpc) is 3.12. The van der Waals surface area contributed by atoms with Crippen LogP contribution in [0.4, 0.5) is 0 Å². The molecule has 1 aliphatic rings. The van der Waals surface area contributed by atoms with E-state index in [1.54, 1.807) is 6.26 Å². The Morgan fingerprint density at radius 1 is 1.25 bits per heavy atom. The van der Waals surface area contributed by atoms with Crippen molar-refractivity contribution in [2.24, 2.45) is 5.92 Å². The SMILES string of the molecule is O=C(O)C1CNC(C(c2ccccc2)c2ccco2)C1. The number of benzene rings is 1. The molecule has 3 rings (SSSR count). The fourth-order valence-electron chi connectivity index (χ4n) is 2.93. The Hall–Kier alpha value is -2.07. The molecule has 1 aromatic heterocycles. The number of carboxylic acids is 1. The summed E-state index contributed by atoms with van der Waals surface area (Å²) in [6.45, 7) is 0.518. The maximum absolute atomic E-state index is 11.1. The maximum Gasteiger partial charge on any atom is 0.307 e. The summed E-state index contributed by atoms with van der Waals surface area (Å²) in [5, 5.41) is 12.5. The third-order valence-corrected chi connectivity index (χ3v) is 3.92. The van der Waals surface area contributed by atoms with Gasteiger partial charge in [0.25, 0.3) is 0 Å². The largest absolute Gasteiger partial charge is 0.481 e. The normalized spacial score (nSPS) is 23.6. The molecular formula is C16H17NO3. The molecule has 1 aromatic carbocycles. The predicted molar refractivity (Wildman–Crippen MR) is 74.5 cm³/mol. The van der Waals surface area contributed by atoms with Gasteiger partial charge in [0.15, 0.2) is 0 Å². The number of hydrogen-bond acceptors (Lipinski definition) is 3. The highest BCUT2D eigenvalue weighted by Gasteiger charge is 2.36. The molecule has 2 N–H and O–H groups in total. The van der Waals surface area contributed by atoms with Crippen molar-refractivity contribution in [1.82, 2.24) is 5.32 Å². The molecule has 4 heteroatoms. The fourth-order valence-corrected chi connectivity index (χ4v) is 2.93. The van der Waals surface area contributed by atoms with Crippen LogP contribution in [0.15, 0.2) is 53.1 Å². The van der Waals surface area contributed by atoms with Crippen LogP contribution in [0.5, 0.6) is 0 Å². The molecular weight excluding hydrogens is 254 g/mol. The number of hydrogen-bond donors (Lipinski definition) is 2. The molecule has 1 aliphatic heterocycles. The van der Waals surface area contributed by atoms with E-state index in [9.17, 15) is 4.79 Å². The summed E-state index contributed by atoms with van der Waals surface area (Å²) in [4.78, 5) is 11.1. The molecule has 0 radical (unpaired) electrons. The standard InChI is InChI=1S/C16H17NO3/c18-16(19)12-9-13(17-10-12)15(14-7-4-8-20-14)11-5-2-1-3-6-11/h1-8,12-13,15,17H,9-10H2,(H,18,19). The van der Waals surface area contributed by atoms with Crippen LogP contribution in [0.2, 0.25) is 0 Å². The van der Waals surface area contributed by atoms with Gasteiger partial charge in [0.1, 0.15) is 5.76 Å². The summed E-state index contributed by atoms with van der Waals surface area (Å²) >= 11 is 0. The van der Waals surface area contributed by atoms with Gasteiger partial charge in [-0.2, -0.15) is 0 Å². The Kier molecular flexibility index (Phi) is 3.56. The number of furan rings is 1. The molecule has 2 aromatic rings. The lowest BCUT2D eigenvalue weighted by atomic mass is 9.87. The van der Waals surface area contributed by atoms with Crippen LogP contribution in [-0.4, -0.2) is 23.7 Å². The summed E-state index contributed by atoms with van der Waals surface area (Å²) in [6, 6.07) is 14.0. The van der Waals surface area contributed by atoms with E-state index in [1.807, 2.05) is 30.3 Å². The minimum absolute atomic E-state index is 0.0514. The zero-order chi connectivity index (χ0) is 13.9. The molecule has 0 amide bonds. The van der Waals surface area contributed by atoms with E-state index in [0.717, 1.165) is 11.3 Å². The molecule has 20 heavy (non-hydrogen) atoms. The first-order chi connectivity index (χ1) is 9.75. The van der Waals surface area contributed by atoms with Crippen molar-refractivity contribution < 1.29 is 14.3 Å². The molecule has 0 aliphatic carbocycles. The number of rotatable bonds is 4. The molecule has 3 atom stereocenters. The number of carboxylic acid groups (broad SMARTS) is 1. The monoisotopic (exact) mass is 271 g/mol. The Labute approximate surface area is 117 Å². The molecule has 0 bridgehead atoms. The van der Waals surface area contributed by atoms with Crippen molar-refractivity contribution in [2.75, 3.05) is 6.54 Å². The highest BCUT2D eigenvalue weighted by Crippen LogP contribution is 2.33. The molecule has 3 unspecified atom stereocenters. The lowest BCUT2D eigenvalue weighted by Gasteiger charge is -2.22. The van der Waals surface area contributed by atoms with Gasteiger partial charge in [0.2, 0.25) is 0 Å². The molecule has 1 saturated heterocycles. The number of aliphatic carboxylic acids is 1. The summed E-state index contributed by atoms with van der Waals surface area (Å²) in [6.07, 6.45) is 2.28.